The van der Waals surface area contributed by atoms with Crippen LogP contribution >= 0.6 is 11.6 Å². The number of rotatable bonds is 5. The average molecular weight is 255 g/mol. The summed E-state index contributed by atoms with van der Waals surface area (Å²) in [4.78, 5) is 0. The highest BCUT2D eigenvalue weighted by Gasteiger charge is 2.27. The van der Waals surface area contributed by atoms with Crippen LogP contribution in [0, 0.1) is 0 Å². The molecule has 90 valence electrons. The Morgan fingerprint density at radius 3 is 2.50 bits per heavy atom. The molecule has 0 radical (unpaired) electrons. The van der Waals surface area contributed by atoms with Gasteiger partial charge in [0, 0.05) is 5.56 Å². The van der Waals surface area contributed by atoms with Crippen LogP contribution in [-0.2, 0) is 10.6 Å². The second kappa shape index (κ2) is 5.96. The van der Waals surface area contributed by atoms with Gasteiger partial charge in [0.15, 0.2) is 6.79 Å². The van der Waals surface area contributed by atoms with E-state index in [0.717, 1.165) is 0 Å². The summed E-state index contributed by atoms with van der Waals surface area (Å²) < 4.78 is 44.5. The molecular weight excluding hydrogens is 245 g/mol. The molecule has 0 saturated heterocycles. The van der Waals surface area contributed by atoms with Crippen molar-refractivity contribution >= 4 is 11.6 Å². The Labute approximate surface area is 95.9 Å². The van der Waals surface area contributed by atoms with Crippen LogP contribution in [0.4, 0.5) is 13.2 Å². The zero-order valence-corrected chi connectivity index (χ0v) is 9.02. The minimum Gasteiger partial charge on any atom is -0.467 e. The Balaban J connectivity index is 2.37. The van der Waals surface area contributed by atoms with E-state index in [4.69, 9.17) is 16.3 Å². The molecule has 0 aliphatic rings. The molecule has 16 heavy (non-hydrogen) atoms. The lowest BCUT2D eigenvalue weighted by molar-refractivity contribution is -0.186. The SMILES string of the molecule is FC(F)(F)COCOc1ccccc1CCl. The van der Waals surface area contributed by atoms with Gasteiger partial charge >= 0.3 is 6.18 Å². The Bertz CT molecular complexity index is 328. The van der Waals surface area contributed by atoms with Gasteiger partial charge in [-0.05, 0) is 6.07 Å². The van der Waals surface area contributed by atoms with Crippen LogP contribution in [0.5, 0.6) is 5.75 Å². The molecule has 1 rings (SSSR count). The lowest BCUT2D eigenvalue weighted by atomic mass is 10.2. The first-order valence-electron chi connectivity index (χ1n) is 4.44. The van der Waals surface area contributed by atoms with E-state index in [9.17, 15) is 13.2 Å². The average Bonchev–Trinajstić information content (AvgIpc) is 2.23. The second-order valence-electron chi connectivity index (χ2n) is 2.97. The number of hydrogen-bond donors (Lipinski definition) is 0. The highest BCUT2D eigenvalue weighted by molar-refractivity contribution is 6.17. The first-order chi connectivity index (χ1) is 7.53. The largest absolute Gasteiger partial charge is 0.467 e. The third-order valence-corrected chi connectivity index (χ3v) is 1.97. The molecule has 0 fully saturated rings. The Hall–Kier alpha value is -0.940. The van der Waals surface area contributed by atoms with Crippen molar-refractivity contribution in [2.24, 2.45) is 0 Å². The number of hydrogen-bond acceptors (Lipinski definition) is 2. The van der Waals surface area contributed by atoms with Gasteiger partial charge in [-0.1, -0.05) is 18.2 Å². The fourth-order valence-corrected chi connectivity index (χ4v) is 1.24. The molecule has 6 heteroatoms. The van der Waals surface area contributed by atoms with E-state index >= 15 is 0 Å². The first-order valence-corrected chi connectivity index (χ1v) is 4.97. The lowest BCUT2D eigenvalue weighted by Gasteiger charge is -2.11. The molecule has 0 saturated carbocycles. The van der Waals surface area contributed by atoms with E-state index in [2.05, 4.69) is 4.74 Å². The molecule has 0 unspecified atom stereocenters. The first kappa shape index (κ1) is 13.1. The van der Waals surface area contributed by atoms with Gasteiger partial charge in [0.1, 0.15) is 12.4 Å². The molecule has 0 N–H and O–H groups in total. The minimum absolute atomic E-state index is 0.232. The van der Waals surface area contributed by atoms with Crippen molar-refractivity contribution in [1.29, 1.82) is 0 Å². The van der Waals surface area contributed by atoms with E-state index in [1.807, 2.05) is 0 Å². The zero-order chi connectivity index (χ0) is 12.0. The van der Waals surface area contributed by atoms with Crippen LogP contribution in [0.1, 0.15) is 5.56 Å². The van der Waals surface area contributed by atoms with Gasteiger partial charge in [0.05, 0.1) is 5.88 Å². The van der Waals surface area contributed by atoms with E-state index in [0.29, 0.717) is 11.3 Å². The summed E-state index contributed by atoms with van der Waals surface area (Å²) in [6, 6.07) is 6.82. The summed E-state index contributed by atoms with van der Waals surface area (Å²) in [7, 11) is 0. The molecule has 2 nitrogen and oxygen atoms in total. The third-order valence-electron chi connectivity index (χ3n) is 1.68. The van der Waals surface area contributed by atoms with Gasteiger partial charge in [-0.15, -0.1) is 11.6 Å². The van der Waals surface area contributed by atoms with Crippen molar-refractivity contribution in [3.05, 3.63) is 29.8 Å². The molecular formula is C10H10ClF3O2. The predicted octanol–water partition coefficient (Wildman–Crippen LogP) is 3.34. The smallest absolute Gasteiger partial charge is 0.411 e. The van der Waals surface area contributed by atoms with Gasteiger partial charge in [0.25, 0.3) is 0 Å². The maximum absolute atomic E-state index is 11.7. The van der Waals surface area contributed by atoms with Crippen LogP contribution in [0.25, 0.3) is 0 Å². The summed E-state index contributed by atoms with van der Waals surface area (Å²) >= 11 is 5.62. The molecule has 0 aliphatic heterocycles. The Morgan fingerprint density at radius 2 is 1.88 bits per heavy atom. The Kier molecular flexibility index (Phi) is 4.89. The van der Waals surface area contributed by atoms with E-state index in [-0.39, 0.29) is 5.88 Å². The molecule has 0 heterocycles. The van der Waals surface area contributed by atoms with Crippen LogP contribution in [0.2, 0.25) is 0 Å². The van der Waals surface area contributed by atoms with Crippen LogP contribution < -0.4 is 4.74 Å². The zero-order valence-electron chi connectivity index (χ0n) is 8.26. The normalized spacial score (nSPS) is 11.5. The predicted molar refractivity (Wildman–Crippen MR) is 53.5 cm³/mol. The van der Waals surface area contributed by atoms with Crippen molar-refractivity contribution < 1.29 is 22.6 Å². The van der Waals surface area contributed by atoms with Crippen molar-refractivity contribution in [1.82, 2.24) is 0 Å². The second-order valence-corrected chi connectivity index (χ2v) is 3.23. The number of halogens is 4. The van der Waals surface area contributed by atoms with Crippen molar-refractivity contribution in [3.63, 3.8) is 0 Å². The molecule has 0 spiro atoms. The monoisotopic (exact) mass is 254 g/mol. The summed E-state index contributed by atoms with van der Waals surface area (Å²) in [5, 5.41) is 0. The standard InChI is InChI=1S/C10H10ClF3O2/c11-5-8-3-1-2-4-9(8)16-7-15-6-10(12,13)14/h1-4H,5-7H2. The topological polar surface area (TPSA) is 18.5 Å². The quantitative estimate of drug-likeness (QED) is 0.456. The molecule has 1 aromatic rings. The van der Waals surface area contributed by atoms with Crippen molar-refractivity contribution in [2.75, 3.05) is 13.4 Å². The maximum atomic E-state index is 11.7. The Morgan fingerprint density at radius 1 is 1.19 bits per heavy atom. The van der Waals surface area contributed by atoms with Crippen LogP contribution in [0.15, 0.2) is 24.3 Å². The highest BCUT2D eigenvalue weighted by Crippen LogP contribution is 2.20. The summed E-state index contributed by atoms with van der Waals surface area (Å²) in [6.07, 6.45) is -4.34. The summed E-state index contributed by atoms with van der Waals surface area (Å²) in [6.45, 7) is -1.77. The summed E-state index contributed by atoms with van der Waals surface area (Å²) in [5.74, 6) is 0.662. The van der Waals surface area contributed by atoms with Crippen LogP contribution in [-0.4, -0.2) is 19.6 Å². The number of alkyl halides is 4. The molecule has 0 aromatic heterocycles. The fraction of sp³-hybridized carbons (Fsp3) is 0.400. The third kappa shape index (κ3) is 4.72. The van der Waals surface area contributed by atoms with Gasteiger partial charge in [0.2, 0.25) is 0 Å². The number of para-hydroxylation sites is 1. The van der Waals surface area contributed by atoms with E-state index in [1.54, 1.807) is 24.3 Å². The van der Waals surface area contributed by atoms with Gasteiger partial charge in [-0.3, -0.25) is 0 Å². The molecule has 1 aromatic carbocycles. The van der Waals surface area contributed by atoms with Crippen molar-refractivity contribution in [3.8, 4) is 5.75 Å². The molecule has 0 atom stereocenters. The molecule has 0 bridgehead atoms. The highest BCUT2D eigenvalue weighted by atomic mass is 35.5. The minimum atomic E-state index is -4.34. The molecule has 0 amide bonds. The maximum Gasteiger partial charge on any atom is 0.411 e. The number of benzene rings is 1. The molecule has 0 aliphatic carbocycles. The van der Waals surface area contributed by atoms with E-state index in [1.165, 1.54) is 0 Å². The lowest BCUT2D eigenvalue weighted by Crippen LogP contribution is -2.19. The van der Waals surface area contributed by atoms with Gasteiger partial charge in [-0.25, -0.2) is 0 Å². The van der Waals surface area contributed by atoms with Gasteiger partial charge in [-0.2, -0.15) is 13.2 Å². The van der Waals surface area contributed by atoms with E-state index < -0.39 is 19.6 Å². The number of ether oxygens (including phenoxy) is 2. The summed E-state index contributed by atoms with van der Waals surface area (Å²) in [5.41, 5.74) is 0.708. The van der Waals surface area contributed by atoms with Crippen molar-refractivity contribution in [2.45, 2.75) is 12.1 Å². The fourth-order valence-electron chi connectivity index (χ4n) is 1.02. The van der Waals surface area contributed by atoms with Gasteiger partial charge < -0.3 is 9.47 Å². The van der Waals surface area contributed by atoms with Crippen LogP contribution in [0.3, 0.4) is 0 Å².